The van der Waals surface area contributed by atoms with Crippen molar-refractivity contribution in [2.75, 3.05) is 25.4 Å². The molecule has 1 saturated heterocycles. The van der Waals surface area contributed by atoms with Crippen molar-refractivity contribution in [1.29, 1.82) is 0 Å². The molecule has 0 radical (unpaired) electrons. The monoisotopic (exact) mass is 355 g/mol. The van der Waals surface area contributed by atoms with Crippen LogP contribution in [0, 0.1) is 6.92 Å². The zero-order valence-electron chi connectivity index (χ0n) is 12.6. The van der Waals surface area contributed by atoms with Gasteiger partial charge in [0.15, 0.2) is 0 Å². The van der Waals surface area contributed by atoms with Crippen molar-refractivity contribution in [2.45, 2.75) is 24.8 Å². The van der Waals surface area contributed by atoms with E-state index < -0.39 is 0 Å². The number of halogens is 2. The minimum atomic E-state index is 0.553. The summed E-state index contributed by atoms with van der Waals surface area (Å²) in [6, 6.07) is 7.72. The predicted molar refractivity (Wildman–Crippen MR) is 94.7 cm³/mol. The minimum Gasteiger partial charge on any atom is -0.303 e. The number of benzene rings is 1. The Hall–Kier alpha value is -0.680. The lowest BCUT2D eigenvalue weighted by molar-refractivity contribution is 0.362. The van der Waals surface area contributed by atoms with E-state index in [0.29, 0.717) is 10.0 Å². The first-order valence-electron chi connectivity index (χ1n) is 7.51. The summed E-state index contributed by atoms with van der Waals surface area (Å²) in [6.45, 7) is 5.69. The van der Waals surface area contributed by atoms with Gasteiger partial charge in [0.05, 0.1) is 15.7 Å². The predicted octanol–water partition coefficient (Wildman–Crippen LogP) is 4.68. The Kier molecular flexibility index (Phi) is 5.34. The zero-order chi connectivity index (χ0) is 15.5. The van der Waals surface area contributed by atoms with Crippen molar-refractivity contribution in [3.8, 4) is 5.69 Å². The van der Waals surface area contributed by atoms with E-state index in [1.54, 1.807) is 6.07 Å². The lowest BCUT2D eigenvalue weighted by Gasteiger charge is -2.12. The van der Waals surface area contributed by atoms with Gasteiger partial charge in [0.2, 0.25) is 0 Å². The van der Waals surface area contributed by atoms with Crippen LogP contribution in [0.15, 0.2) is 29.3 Å². The maximum absolute atomic E-state index is 6.10. The van der Waals surface area contributed by atoms with E-state index >= 15 is 0 Å². The molecule has 0 N–H and O–H groups in total. The van der Waals surface area contributed by atoms with E-state index in [2.05, 4.69) is 23.0 Å². The lowest BCUT2D eigenvalue weighted by Crippen LogP contribution is -2.21. The molecule has 1 aromatic carbocycles. The molecular formula is C16H19Cl2N3S. The van der Waals surface area contributed by atoms with Crippen LogP contribution in [0.25, 0.3) is 5.69 Å². The Morgan fingerprint density at radius 3 is 2.64 bits per heavy atom. The lowest BCUT2D eigenvalue weighted by atomic mass is 10.3. The first-order chi connectivity index (χ1) is 10.6. The third-order valence-corrected chi connectivity index (χ3v) is 5.49. The first kappa shape index (κ1) is 16.2. The molecule has 2 heterocycles. The normalized spacial score (nSPS) is 15.6. The van der Waals surface area contributed by atoms with Crippen LogP contribution in [0.4, 0.5) is 0 Å². The SMILES string of the molecule is Cc1cc(SCCN2CCCC2)nn1-c1ccc(Cl)c(Cl)c1. The summed E-state index contributed by atoms with van der Waals surface area (Å²) >= 11 is 13.9. The number of likely N-dealkylation sites (tertiary alicyclic amines) is 1. The van der Waals surface area contributed by atoms with Gasteiger partial charge >= 0.3 is 0 Å². The summed E-state index contributed by atoms with van der Waals surface area (Å²) in [6.07, 6.45) is 2.69. The highest BCUT2D eigenvalue weighted by Gasteiger charge is 2.12. The van der Waals surface area contributed by atoms with E-state index in [4.69, 9.17) is 23.2 Å². The van der Waals surface area contributed by atoms with Crippen molar-refractivity contribution in [1.82, 2.24) is 14.7 Å². The molecule has 0 amide bonds. The van der Waals surface area contributed by atoms with Gasteiger partial charge in [-0.15, -0.1) is 11.8 Å². The van der Waals surface area contributed by atoms with Crippen LogP contribution in [0.1, 0.15) is 18.5 Å². The molecule has 0 spiro atoms. The van der Waals surface area contributed by atoms with Crippen molar-refractivity contribution in [2.24, 2.45) is 0 Å². The topological polar surface area (TPSA) is 21.1 Å². The number of hydrogen-bond acceptors (Lipinski definition) is 3. The summed E-state index contributed by atoms with van der Waals surface area (Å²) in [5, 5.41) is 6.85. The molecule has 3 rings (SSSR count). The fourth-order valence-electron chi connectivity index (χ4n) is 2.68. The summed E-state index contributed by atoms with van der Waals surface area (Å²) in [7, 11) is 0. The second-order valence-electron chi connectivity index (χ2n) is 5.53. The molecule has 1 fully saturated rings. The van der Waals surface area contributed by atoms with Crippen LogP contribution < -0.4 is 0 Å². The second-order valence-corrected chi connectivity index (χ2v) is 7.46. The molecule has 2 aromatic rings. The third kappa shape index (κ3) is 3.80. The minimum absolute atomic E-state index is 0.553. The molecule has 1 aromatic heterocycles. The second kappa shape index (κ2) is 7.26. The van der Waals surface area contributed by atoms with Crippen LogP contribution in [0.3, 0.4) is 0 Å². The van der Waals surface area contributed by atoms with Crippen molar-refractivity contribution >= 4 is 35.0 Å². The standard InChI is InChI=1S/C16H19Cl2N3S/c1-12-10-16(22-9-8-20-6-2-3-7-20)19-21(12)13-4-5-14(17)15(18)11-13/h4-5,10-11H,2-3,6-9H2,1H3. The maximum atomic E-state index is 6.10. The van der Waals surface area contributed by atoms with E-state index in [9.17, 15) is 0 Å². The molecule has 3 nitrogen and oxygen atoms in total. The Bertz CT molecular complexity index is 651. The molecule has 0 atom stereocenters. The molecule has 0 aliphatic carbocycles. The molecule has 1 aliphatic heterocycles. The highest BCUT2D eigenvalue weighted by Crippen LogP contribution is 2.26. The van der Waals surface area contributed by atoms with Gasteiger partial charge in [0, 0.05) is 18.0 Å². The fraction of sp³-hybridized carbons (Fsp3) is 0.438. The number of rotatable bonds is 5. The van der Waals surface area contributed by atoms with E-state index in [0.717, 1.165) is 28.7 Å². The average Bonchev–Trinajstić information content (AvgIpc) is 3.12. The number of aryl methyl sites for hydroxylation is 1. The van der Waals surface area contributed by atoms with Crippen LogP contribution in [-0.4, -0.2) is 40.1 Å². The highest BCUT2D eigenvalue weighted by atomic mass is 35.5. The van der Waals surface area contributed by atoms with Crippen LogP contribution in [-0.2, 0) is 0 Å². The van der Waals surface area contributed by atoms with Gasteiger partial charge in [-0.3, -0.25) is 0 Å². The third-order valence-electron chi connectivity index (χ3n) is 3.87. The number of aromatic nitrogens is 2. The number of nitrogens with zero attached hydrogens (tertiary/aromatic N) is 3. The Balaban J connectivity index is 1.66. The van der Waals surface area contributed by atoms with Crippen molar-refractivity contribution in [3.05, 3.63) is 40.0 Å². The summed E-state index contributed by atoms with van der Waals surface area (Å²) in [5.74, 6) is 1.08. The molecule has 1 aliphatic rings. The van der Waals surface area contributed by atoms with Crippen LogP contribution >= 0.6 is 35.0 Å². The average molecular weight is 356 g/mol. The van der Waals surface area contributed by atoms with E-state index in [-0.39, 0.29) is 0 Å². The Morgan fingerprint density at radius 1 is 1.14 bits per heavy atom. The number of thioether (sulfide) groups is 1. The molecule has 0 unspecified atom stereocenters. The molecular weight excluding hydrogens is 337 g/mol. The zero-order valence-corrected chi connectivity index (χ0v) is 14.9. The van der Waals surface area contributed by atoms with E-state index in [1.165, 1.54) is 25.9 Å². The van der Waals surface area contributed by atoms with Gasteiger partial charge in [0.1, 0.15) is 5.03 Å². The molecule has 118 valence electrons. The van der Waals surface area contributed by atoms with E-state index in [1.807, 2.05) is 28.6 Å². The first-order valence-corrected chi connectivity index (χ1v) is 9.25. The molecule has 0 bridgehead atoms. The molecule has 6 heteroatoms. The van der Waals surface area contributed by atoms with Crippen molar-refractivity contribution in [3.63, 3.8) is 0 Å². The van der Waals surface area contributed by atoms with Crippen LogP contribution in [0.2, 0.25) is 10.0 Å². The van der Waals surface area contributed by atoms with Gasteiger partial charge < -0.3 is 4.90 Å². The summed E-state index contributed by atoms with van der Waals surface area (Å²) < 4.78 is 1.92. The van der Waals surface area contributed by atoms with Gasteiger partial charge in [-0.1, -0.05) is 23.2 Å². The number of hydrogen-bond donors (Lipinski definition) is 0. The quantitative estimate of drug-likeness (QED) is 0.726. The Morgan fingerprint density at radius 2 is 1.91 bits per heavy atom. The molecule has 0 saturated carbocycles. The smallest absolute Gasteiger partial charge is 0.119 e. The van der Waals surface area contributed by atoms with Crippen molar-refractivity contribution < 1.29 is 0 Å². The largest absolute Gasteiger partial charge is 0.303 e. The molecule has 22 heavy (non-hydrogen) atoms. The summed E-state index contributed by atoms with van der Waals surface area (Å²) in [5.41, 5.74) is 2.04. The fourth-order valence-corrected chi connectivity index (χ4v) is 3.92. The van der Waals surface area contributed by atoms with Gasteiger partial charge in [0.25, 0.3) is 0 Å². The van der Waals surface area contributed by atoms with Gasteiger partial charge in [-0.25, -0.2) is 4.68 Å². The Labute approximate surface area is 145 Å². The van der Waals surface area contributed by atoms with Gasteiger partial charge in [-0.2, -0.15) is 5.10 Å². The summed E-state index contributed by atoms with van der Waals surface area (Å²) in [4.78, 5) is 2.52. The highest BCUT2D eigenvalue weighted by molar-refractivity contribution is 7.99. The maximum Gasteiger partial charge on any atom is 0.119 e. The van der Waals surface area contributed by atoms with Gasteiger partial charge in [-0.05, 0) is 57.1 Å². The van der Waals surface area contributed by atoms with Crippen LogP contribution in [0.5, 0.6) is 0 Å².